The Morgan fingerprint density at radius 3 is 2.82 bits per heavy atom. The molecule has 1 rings (SSSR count). The molecule has 0 aromatic rings. The van der Waals surface area contributed by atoms with Gasteiger partial charge in [-0.05, 0) is 13.3 Å². The Labute approximate surface area is 66.4 Å². The molecule has 1 aliphatic heterocycles. The molecule has 3 nitrogen and oxygen atoms in total. The van der Waals surface area contributed by atoms with Crippen LogP contribution in [0.15, 0.2) is 0 Å². The second-order valence-electron chi connectivity index (χ2n) is 3.07. The number of ether oxygens (including phenoxy) is 1. The molecular weight excluding hydrogens is 144 g/mol. The van der Waals surface area contributed by atoms with Crippen LogP contribution in [-0.2, 0) is 9.53 Å². The first-order valence-corrected chi connectivity index (χ1v) is 4.03. The topological polar surface area (TPSA) is 46.5 Å². The van der Waals surface area contributed by atoms with Crippen molar-refractivity contribution in [1.82, 2.24) is 0 Å². The van der Waals surface area contributed by atoms with E-state index in [1.165, 1.54) is 0 Å². The minimum atomic E-state index is -0.503. The standard InChI is InChI=1S/C8H14O3/c1-3-6-7(9)4-5(2)11-8(6)10/h5-7,9H,3-4H2,1-2H3. The van der Waals surface area contributed by atoms with Gasteiger partial charge in [0.1, 0.15) is 6.10 Å². The van der Waals surface area contributed by atoms with E-state index in [0.717, 1.165) is 0 Å². The third-order valence-electron chi connectivity index (χ3n) is 2.10. The zero-order valence-electron chi connectivity index (χ0n) is 6.91. The molecule has 1 heterocycles. The minimum Gasteiger partial charge on any atom is -0.462 e. The van der Waals surface area contributed by atoms with Gasteiger partial charge in [-0.25, -0.2) is 0 Å². The van der Waals surface area contributed by atoms with Gasteiger partial charge in [-0.2, -0.15) is 0 Å². The Kier molecular flexibility index (Phi) is 2.49. The summed E-state index contributed by atoms with van der Waals surface area (Å²) in [6, 6.07) is 0. The molecule has 0 amide bonds. The predicted octanol–water partition coefficient (Wildman–Crippen LogP) is 0.709. The van der Waals surface area contributed by atoms with Crippen molar-refractivity contribution in [3.05, 3.63) is 0 Å². The number of aliphatic hydroxyl groups is 1. The van der Waals surface area contributed by atoms with Crippen LogP contribution in [0.4, 0.5) is 0 Å². The summed E-state index contributed by atoms with van der Waals surface area (Å²) in [5, 5.41) is 9.41. The molecule has 0 aromatic heterocycles. The molecule has 1 aliphatic rings. The molecule has 1 N–H and O–H groups in total. The summed E-state index contributed by atoms with van der Waals surface area (Å²) >= 11 is 0. The van der Waals surface area contributed by atoms with Gasteiger partial charge in [-0.3, -0.25) is 4.79 Å². The van der Waals surface area contributed by atoms with Crippen LogP contribution in [0.5, 0.6) is 0 Å². The Morgan fingerprint density at radius 1 is 1.73 bits per heavy atom. The van der Waals surface area contributed by atoms with E-state index in [1.807, 2.05) is 6.92 Å². The zero-order chi connectivity index (χ0) is 8.43. The second kappa shape index (κ2) is 3.22. The van der Waals surface area contributed by atoms with Gasteiger partial charge in [0.05, 0.1) is 12.0 Å². The number of cyclic esters (lactones) is 1. The number of rotatable bonds is 1. The maximum absolute atomic E-state index is 11.1. The van der Waals surface area contributed by atoms with E-state index in [4.69, 9.17) is 4.74 Å². The van der Waals surface area contributed by atoms with E-state index in [0.29, 0.717) is 12.8 Å². The first kappa shape index (κ1) is 8.53. The lowest BCUT2D eigenvalue weighted by molar-refractivity contribution is -0.168. The lowest BCUT2D eigenvalue weighted by Gasteiger charge is -2.29. The first-order valence-electron chi connectivity index (χ1n) is 4.03. The largest absolute Gasteiger partial charge is 0.462 e. The molecule has 11 heavy (non-hydrogen) atoms. The number of carbonyl (C=O) groups is 1. The fourth-order valence-corrected chi connectivity index (χ4v) is 1.43. The lowest BCUT2D eigenvalue weighted by atomic mass is 9.93. The molecule has 3 heteroatoms. The van der Waals surface area contributed by atoms with E-state index in [2.05, 4.69) is 0 Å². The Morgan fingerprint density at radius 2 is 2.36 bits per heavy atom. The van der Waals surface area contributed by atoms with Crippen molar-refractivity contribution in [3.63, 3.8) is 0 Å². The molecule has 0 spiro atoms. The highest BCUT2D eigenvalue weighted by Crippen LogP contribution is 2.22. The molecule has 0 bridgehead atoms. The van der Waals surface area contributed by atoms with Crippen molar-refractivity contribution >= 4 is 5.97 Å². The molecule has 0 radical (unpaired) electrons. The van der Waals surface area contributed by atoms with Gasteiger partial charge >= 0.3 is 5.97 Å². The maximum Gasteiger partial charge on any atom is 0.311 e. The van der Waals surface area contributed by atoms with E-state index < -0.39 is 6.10 Å². The Bertz CT molecular complexity index is 155. The number of hydrogen-bond acceptors (Lipinski definition) is 3. The minimum absolute atomic E-state index is 0.125. The highest BCUT2D eigenvalue weighted by Gasteiger charge is 2.33. The van der Waals surface area contributed by atoms with Crippen LogP contribution >= 0.6 is 0 Å². The summed E-state index contributed by atoms with van der Waals surface area (Å²) in [5.41, 5.74) is 0. The summed E-state index contributed by atoms with van der Waals surface area (Å²) in [7, 11) is 0. The van der Waals surface area contributed by atoms with Crippen LogP contribution in [0.25, 0.3) is 0 Å². The molecular formula is C8H14O3. The summed E-state index contributed by atoms with van der Waals surface area (Å²) in [6.07, 6.45) is 0.605. The van der Waals surface area contributed by atoms with Crippen molar-refractivity contribution in [2.24, 2.45) is 5.92 Å². The Balaban J connectivity index is 2.59. The van der Waals surface area contributed by atoms with Gasteiger partial charge in [-0.15, -0.1) is 0 Å². The van der Waals surface area contributed by atoms with E-state index in [9.17, 15) is 9.90 Å². The third kappa shape index (κ3) is 1.71. The molecule has 1 saturated heterocycles. The van der Waals surface area contributed by atoms with Crippen LogP contribution in [-0.4, -0.2) is 23.3 Å². The molecule has 3 atom stereocenters. The van der Waals surface area contributed by atoms with Crippen molar-refractivity contribution in [3.8, 4) is 0 Å². The monoisotopic (exact) mass is 158 g/mol. The van der Waals surface area contributed by atoms with Crippen LogP contribution in [0.2, 0.25) is 0 Å². The third-order valence-corrected chi connectivity index (χ3v) is 2.10. The molecule has 0 saturated carbocycles. The normalized spacial score (nSPS) is 38.5. The Hall–Kier alpha value is -0.570. The summed E-state index contributed by atoms with van der Waals surface area (Å²) < 4.78 is 4.96. The first-order chi connectivity index (χ1) is 5.15. The van der Waals surface area contributed by atoms with Gasteiger partial charge in [0.15, 0.2) is 0 Å². The van der Waals surface area contributed by atoms with Gasteiger partial charge in [0, 0.05) is 6.42 Å². The second-order valence-corrected chi connectivity index (χ2v) is 3.07. The number of esters is 1. The molecule has 0 aliphatic carbocycles. The number of hydrogen-bond donors (Lipinski definition) is 1. The fourth-order valence-electron chi connectivity index (χ4n) is 1.43. The summed E-state index contributed by atoms with van der Waals surface area (Å²) in [6.45, 7) is 3.68. The highest BCUT2D eigenvalue weighted by molar-refractivity contribution is 5.74. The average Bonchev–Trinajstić information content (AvgIpc) is 1.85. The molecule has 1 fully saturated rings. The zero-order valence-corrected chi connectivity index (χ0v) is 6.91. The summed E-state index contributed by atoms with van der Waals surface area (Å²) in [5.74, 6) is -0.551. The van der Waals surface area contributed by atoms with Gasteiger partial charge in [0.25, 0.3) is 0 Å². The van der Waals surface area contributed by atoms with Crippen molar-refractivity contribution in [2.45, 2.75) is 38.9 Å². The van der Waals surface area contributed by atoms with Crippen LogP contribution in [0.1, 0.15) is 26.7 Å². The van der Waals surface area contributed by atoms with Gasteiger partial charge < -0.3 is 9.84 Å². The van der Waals surface area contributed by atoms with Gasteiger partial charge in [-0.1, -0.05) is 6.92 Å². The van der Waals surface area contributed by atoms with E-state index >= 15 is 0 Å². The van der Waals surface area contributed by atoms with Crippen molar-refractivity contribution < 1.29 is 14.6 Å². The molecule has 3 unspecified atom stereocenters. The highest BCUT2D eigenvalue weighted by atomic mass is 16.5. The van der Waals surface area contributed by atoms with Crippen LogP contribution in [0, 0.1) is 5.92 Å². The summed E-state index contributed by atoms with van der Waals surface area (Å²) in [4.78, 5) is 11.1. The van der Waals surface area contributed by atoms with E-state index in [-0.39, 0.29) is 18.0 Å². The van der Waals surface area contributed by atoms with Gasteiger partial charge in [0.2, 0.25) is 0 Å². The predicted molar refractivity (Wildman–Crippen MR) is 40.0 cm³/mol. The molecule has 64 valence electrons. The smallest absolute Gasteiger partial charge is 0.311 e. The quantitative estimate of drug-likeness (QED) is 0.572. The fraction of sp³-hybridized carbons (Fsp3) is 0.875. The van der Waals surface area contributed by atoms with Crippen molar-refractivity contribution in [2.75, 3.05) is 0 Å². The molecule has 0 aromatic carbocycles. The lowest BCUT2D eigenvalue weighted by Crippen LogP contribution is -2.39. The maximum atomic E-state index is 11.1. The van der Waals surface area contributed by atoms with Crippen LogP contribution in [0.3, 0.4) is 0 Å². The average molecular weight is 158 g/mol. The van der Waals surface area contributed by atoms with Crippen LogP contribution < -0.4 is 0 Å². The number of aliphatic hydroxyl groups excluding tert-OH is 1. The van der Waals surface area contributed by atoms with Crippen molar-refractivity contribution in [1.29, 1.82) is 0 Å². The van der Waals surface area contributed by atoms with E-state index in [1.54, 1.807) is 6.92 Å². The SMILES string of the molecule is CCC1C(=O)OC(C)CC1O. The number of carbonyl (C=O) groups excluding carboxylic acids is 1.